The fourth-order valence-corrected chi connectivity index (χ4v) is 3.62. The molecule has 0 bridgehead atoms. The number of amides is 1. The Morgan fingerprint density at radius 1 is 1.14 bits per heavy atom. The summed E-state index contributed by atoms with van der Waals surface area (Å²) in [5.41, 5.74) is 1.63. The SMILES string of the molecule is CCOc1cc(N2CCOCC2)c(OCC)cc1NC(=O)CCC1CCCO1. The van der Waals surface area contributed by atoms with Crippen LogP contribution in [0.25, 0.3) is 0 Å². The largest absolute Gasteiger partial charge is 0.492 e. The molecule has 0 spiro atoms. The first-order valence-corrected chi connectivity index (χ1v) is 10.4. The number of morpholine rings is 1. The minimum Gasteiger partial charge on any atom is -0.492 e. The van der Waals surface area contributed by atoms with Crippen molar-refractivity contribution in [2.45, 2.75) is 45.6 Å². The average molecular weight is 392 g/mol. The Hall–Kier alpha value is -1.99. The van der Waals surface area contributed by atoms with Gasteiger partial charge in [0.15, 0.2) is 0 Å². The number of benzene rings is 1. The van der Waals surface area contributed by atoms with Crippen molar-refractivity contribution >= 4 is 17.3 Å². The number of hydrogen-bond acceptors (Lipinski definition) is 6. The molecule has 7 nitrogen and oxygen atoms in total. The molecule has 1 aromatic rings. The molecule has 3 rings (SSSR count). The zero-order valence-corrected chi connectivity index (χ0v) is 17.0. The number of nitrogens with one attached hydrogen (secondary N) is 1. The van der Waals surface area contributed by atoms with Gasteiger partial charge >= 0.3 is 0 Å². The Balaban J connectivity index is 1.75. The van der Waals surface area contributed by atoms with Crippen molar-refractivity contribution in [2.24, 2.45) is 0 Å². The highest BCUT2D eigenvalue weighted by Gasteiger charge is 2.21. The van der Waals surface area contributed by atoms with E-state index in [1.807, 2.05) is 26.0 Å². The smallest absolute Gasteiger partial charge is 0.224 e. The molecule has 0 aromatic heterocycles. The molecule has 0 saturated carbocycles. The Morgan fingerprint density at radius 2 is 1.89 bits per heavy atom. The first-order chi connectivity index (χ1) is 13.7. The number of rotatable bonds is 9. The van der Waals surface area contributed by atoms with Crippen molar-refractivity contribution in [3.63, 3.8) is 0 Å². The Morgan fingerprint density at radius 3 is 2.57 bits per heavy atom. The monoisotopic (exact) mass is 392 g/mol. The number of carbonyl (C=O) groups is 1. The van der Waals surface area contributed by atoms with Gasteiger partial charge in [-0.05, 0) is 33.1 Å². The van der Waals surface area contributed by atoms with Gasteiger partial charge in [0.25, 0.3) is 0 Å². The van der Waals surface area contributed by atoms with Gasteiger partial charge in [0.05, 0.1) is 43.9 Å². The summed E-state index contributed by atoms with van der Waals surface area (Å²) < 4.78 is 22.8. The fourth-order valence-electron chi connectivity index (χ4n) is 3.62. The van der Waals surface area contributed by atoms with Gasteiger partial charge in [-0.25, -0.2) is 0 Å². The lowest BCUT2D eigenvalue weighted by Gasteiger charge is -2.31. The van der Waals surface area contributed by atoms with E-state index in [9.17, 15) is 4.79 Å². The maximum atomic E-state index is 12.5. The summed E-state index contributed by atoms with van der Waals surface area (Å²) in [5, 5.41) is 3.01. The van der Waals surface area contributed by atoms with E-state index in [4.69, 9.17) is 18.9 Å². The van der Waals surface area contributed by atoms with Crippen LogP contribution in [0.4, 0.5) is 11.4 Å². The number of ether oxygens (including phenoxy) is 4. The molecular weight excluding hydrogens is 360 g/mol. The van der Waals surface area contributed by atoms with E-state index in [0.717, 1.165) is 50.4 Å². The summed E-state index contributed by atoms with van der Waals surface area (Å²) in [4.78, 5) is 14.7. The van der Waals surface area contributed by atoms with Crippen molar-refractivity contribution in [2.75, 3.05) is 56.3 Å². The lowest BCUT2D eigenvalue weighted by Crippen LogP contribution is -2.36. The second-order valence-electron chi connectivity index (χ2n) is 7.00. The van der Waals surface area contributed by atoms with E-state index in [-0.39, 0.29) is 12.0 Å². The maximum Gasteiger partial charge on any atom is 0.224 e. The summed E-state index contributed by atoms with van der Waals surface area (Å²) in [7, 11) is 0. The van der Waals surface area contributed by atoms with Gasteiger partial charge in [0.1, 0.15) is 11.5 Å². The van der Waals surface area contributed by atoms with E-state index in [1.54, 1.807) is 0 Å². The minimum atomic E-state index is -0.0296. The molecule has 2 aliphatic rings. The summed E-state index contributed by atoms with van der Waals surface area (Å²) in [6, 6.07) is 3.85. The second kappa shape index (κ2) is 10.5. The normalized spacial score (nSPS) is 19.5. The van der Waals surface area contributed by atoms with E-state index < -0.39 is 0 Å². The predicted molar refractivity (Wildman–Crippen MR) is 109 cm³/mol. The standard InChI is InChI=1S/C21H32N2O5/c1-3-26-19-15-18(23-9-12-25-13-10-23)20(27-4-2)14-17(19)22-21(24)8-7-16-6-5-11-28-16/h14-16H,3-13H2,1-2H3,(H,22,24). The quantitative estimate of drug-likeness (QED) is 0.696. The molecule has 1 aromatic carbocycles. The predicted octanol–water partition coefficient (Wildman–Crippen LogP) is 3.22. The van der Waals surface area contributed by atoms with Crippen LogP contribution in [0, 0.1) is 0 Å². The number of hydrogen-bond donors (Lipinski definition) is 1. The first kappa shape index (κ1) is 20.7. The van der Waals surface area contributed by atoms with E-state index in [1.165, 1.54) is 0 Å². The van der Waals surface area contributed by atoms with Gasteiger partial charge in [-0.1, -0.05) is 0 Å². The molecule has 2 fully saturated rings. The topological polar surface area (TPSA) is 69.3 Å². The van der Waals surface area contributed by atoms with Crippen LogP contribution in [0.15, 0.2) is 12.1 Å². The zero-order valence-electron chi connectivity index (χ0n) is 17.0. The van der Waals surface area contributed by atoms with Gasteiger partial charge in [-0.15, -0.1) is 0 Å². The number of anilines is 2. The Labute approximate surface area is 167 Å². The van der Waals surface area contributed by atoms with Crippen LogP contribution in [-0.2, 0) is 14.3 Å². The van der Waals surface area contributed by atoms with Crippen LogP contribution in [-0.4, -0.2) is 58.1 Å². The van der Waals surface area contributed by atoms with E-state index >= 15 is 0 Å². The summed E-state index contributed by atoms with van der Waals surface area (Å²) in [6.45, 7) is 8.77. The highest BCUT2D eigenvalue weighted by molar-refractivity contribution is 5.93. The molecule has 0 radical (unpaired) electrons. The summed E-state index contributed by atoms with van der Waals surface area (Å²) in [5.74, 6) is 1.39. The minimum absolute atomic E-state index is 0.0296. The molecule has 7 heteroatoms. The molecule has 1 unspecified atom stereocenters. The van der Waals surface area contributed by atoms with Crippen molar-refractivity contribution in [3.05, 3.63) is 12.1 Å². The first-order valence-electron chi connectivity index (χ1n) is 10.4. The van der Waals surface area contributed by atoms with Crippen LogP contribution in [0.3, 0.4) is 0 Å². The van der Waals surface area contributed by atoms with E-state index in [0.29, 0.717) is 44.3 Å². The van der Waals surface area contributed by atoms with Crippen molar-refractivity contribution in [1.82, 2.24) is 0 Å². The lowest BCUT2D eigenvalue weighted by molar-refractivity contribution is -0.116. The molecule has 0 aliphatic carbocycles. The lowest BCUT2D eigenvalue weighted by atomic mass is 10.1. The third-order valence-corrected chi connectivity index (χ3v) is 5.00. The summed E-state index contributed by atoms with van der Waals surface area (Å²) in [6.07, 6.45) is 3.52. The Kier molecular flexibility index (Phi) is 7.80. The van der Waals surface area contributed by atoms with Gasteiger partial charge in [0, 0.05) is 38.2 Å². The van der Waals surface area contributed by atoms with Crippen molar-refractivity contribution < 1.29 is 23.7 Å². The molecule has 156 valence electrons. The Bertz CT molecular complexity index is 640. The van der Waals surface area contributed by atoms with Gasteiger partial charge in [0.2, 0.25) is 5.91 Å². The van der Waals surface area contributed by atoms with Gasteiger partial charge in [-0.3, -0.25) is 4.79 Å². The molecule has 28 heavy (non-hydrogen) atoms. The molecule has 1 amide bonds. The maximum absolute atomic E-state index is 12.5. The van der Waals surface area contributed by atoms with Crippen LogP contribution >= 0.6 is 0 Å². The zero-order chi connectivity index (χ0) is 19.8. The molecule has 1 atom stereocenters. The van der Waals surface area contributed by atoms with Crippen LogP contribution in [0.5, 0.6) is 11.5 Å². The van der Waals surface area contributed by atoms with Crippen LogP contribution < -0.4 is 19.7 Å². The highest BCUT2D eigenvalue weighted by Crippen LogP contribution is 2.39. The van der Waals surface area contributed by atoms with Crippen molar-refractivity contribution in [3.8, 4) is 11.5 Å². The highest BCUT2D eigenvalue weighted by atomic mass is 16.5. The van der Waals surface area contributed by atoms with Crippen LogP contribution in [0.2, 0.25) is 0 Å². The van der Waals surface area contributed by atoms with Gasteiger partial charge < -0.3 is 29.2 Å². The summed E-state index contributed by atoms with van der Waals surface area (Å²) >= 11 is 0. The molecule has 1 N–H and O–H groups in total. The van der Waals surface area contributed by atoms with E-state index in [2.05, 4.69) is 10.2 Å². The molecule has 2 heterocycles. The average Bonchev–Trinajstić information content (AvgIpc) is 3.23. The number of nitrogens with zero attached hydrogens (tertiary/aromatic N) is 1. The third-order valence-electron chi connectivity index (χ3n) is 5.00. The van der Waals surface area contributed by atoms with Crippen molar-refractivity contribution in [1.29, 1.82) is 0 Å². The van der Waals surface area contributed by atoms with Crippen LogP contribution in [0.1, 0.15) is 39.5 Å². The molecule has 2 saturated heterocycles. The molecule has 2 aliphatic heterocycles. The third kappa shape index (κ3) is 5.52. The fraction of sp³-hybridized carbons (Fsp3) is 0.667. The molecular formula is C21H32N2O5. The number of carbonyl (C=O) groups excluding carboxylic acids is 1. The second-order valence-corrected chi connectivity index (χ2v) is 7.00. The van der Waals surface area contributed by atoms with Gasteiger partial charge in [-0.2, -0.15) is 0 Å².